The van der Waals surface area contributed by atoms with Gasteiger partial charge in [-0.05, 0) is 42.0 Å². The van der Waals surface area contributed by atoms with Crippen LogP contribution in [0.5, 0.6) is 0 Å². The molecule has 192 valence electrons. The lowest BCUT2D eigenvalue weighted by atomic mass is 9.86. The molecule has 4 heteroatoms. The van der Waals surface area contributed by atoms with Gasteiger partial charge in [0, 0.05) is 5.41 Å². The first-order valence-electron chi connectivity index (χ1n) is 13.4. The zero-order valence-electron chi connectivity index (χ0n) is 23.4. The minimum Gasteiger partial charge on any atom is -0.376 e. The van der Waals surface area contributed by atoms with Gasteiger partial charge < -0.3 is 9.47 Å². The highest BCUT2D eigenvalue weighted by atomic mass is 28.3. The summed E-state index contributed by atoms with van der Waals surface area (Å²) in [6, 6.07) is 23.6. The van der Waals surface area contributed by atoms with E-state index in [4.69, 9.17) is 9.47 Å². The molecule has 0 saturated carbocycles. The van der Waals surface area contributed by atoms with Gasteiger partial charge in [0.2, 0.25) is 0 Å². The van der Waals surface area contributed by atoms with E-state index in [-0.39, 0.29) is 5.41 Å². The molecule has 1 aliphatic carbocycles. The maximum absolute atomic E-state index is 6.46. The molecule has 0 fully saturated rings. The van der Waals surface area contributed by atoms with Gasteiger partial charge in [0.1, 0.15) is 0 Å². The second-order valence-electron chi connectivity index (χ2n) is 12.9. The Morgan fingerprint density at radius 2 is 1.14 bits per heavy atom. The van der Waals surface area contributed by atoms with Gasteiger partial charge in [-0.3, -0.25) is 0 Å². The molecule has 0 radical (unpaired) electrons. The molecule has 2 nitrogen and oxygen atoms in total. The fourth-order valence-electron chi connectivity index (χ4n) is 6.02. The summed E-state index contributed by atoms with van der Waals surface area (Å²) < 4.78 is 12.9. The predicted molar refractivity (Wildman–Crippen MR) is 159 cm³/mol. The zero-order chi connectivity index (χ0) is 26.0. The molecule has 4 rings (SSSR count). The van der Waals surface area contributed by atoms with E-state index < -0.39 is 16.1 Å². The van der Waals surface area contributed by atoms with Crippen molar-refractivity contribution in [3.8, 4) is 0 Å². The highest BCUT2D eigenvalue weighted by Gasteiger charge is 2.43. The summed E-state index contributed by atoms with van der Waals surface area (Å²) >= 11 is 0. The molecular weight excluding hydrogens is 473 g/mol. The molecule has 0 N–H and O–H groups in total. The first-order chi connectivity index (χ1) is 17.0. The second kappa shape index (κ2) is 10.8. The van der Waals surface area contributed by atoms with Crippen molar-refractivity contribution in [3.05, 3.63) is 94.5 Å². The van der Waals surface area contributed by atoms with Gasteiger partial charge in [-0.15, -0.1) is 0 Å². The molecule has 0 aromatic heterocycles. The summed E-state index contributed by atoms with van der Waals surface area (Å²) in [6.45, 7) is 20.1. The third kappa shape index (κ3) is 6.28. The quantitative estimate of drug-likeness (QED) is 0.283. The first-order valence-corrected chi connectivity index (χ1v) is 20.4. The van der Waals surface area contributed by atoms with Crippen LogP contribution in [0.15, 0.2) is 66.7 Å². The fraction of sp³-hybridized carbons (Fsp3) is 0.438. The van der Waals surface area contributed by atoms with Crippen LogP contribution in [0.25, 0.3) is 0 Å². The minimum absolute atomic E-state index is 0.0253. The first kappa shape index (κ1) is 27.1. The van der Waals surface area contributed by atoms with Crippen molar-refractivity contribution >= 4 is 26.5 Å². The van der Waals surface area contributed by atoms with Gasteiger partial charge in [-0.2, -0.15) is 0 Å². The maximum Gasteiger partial charge on any atom is 0.0783 e. The van der Waals surface area contributed by atoms with Gasteiger partial charge in [0.15, 0.2) is 0 Å². The number of fused-ring (bicyclic) bond motifs is 1. The largest absolute Gasteiger partial charge is 0.376 e. The Balaban J connectivity index is 1.66. The lowest BCUT2D eigenvalue weighted by Crippen LogP contribution is -2.47. The molecule has 0 spiro atoms. The fourth-order valence-corrected chi connectivity index (χ4v) is 10.2. The second-order valence-corrected chi connectivity index (χ2v) is 22.9. The third-order valence-electron chi connectivity index (χ3n) is 7.45. The van der Waals surface area contributed by atoms with Crippen LogP contribution < -0.4 is 10.4 Å². The summed E-state index contributed by atoms with van der Waals surface area (Å²) in [4.78, 5) is 0. The van der Waals surface area contributed by atoms with Crippen LogP contribution in [0.1, 0.15) is 27.8 Å². The highest BCUT2D eigenvalue weighted by Crippen LogP contribution is 2.39. The number of aryl methyl sites for hydroxylation is 1. The molecular formula is C32H44O2Si2. The molecule has 3 aromatic rings. The van der Waals surface area contributed by atoms with E-state index in [2.05, 4.69) is 113 Å². The molecule has 0 amide bonds. The summed E-state index contributed by atoms with van der Waals surface area (Å²) in [5, 5.41) is 3.32. The smallest absolute Gasteiger partial charge is 0.0783 e. The Bertz CT molecular complexity index is 1110. The van der Waals surface area contributed by atoms with Crippen molar-refractivity contribution < 1.29 is 9.47 Å². The van der Waals surface area contributed by atoms with Crippen molar-refractivity contribution in [3.63, 3.8) is 0 Å². The Morgan fingerprint density at radius 3 is 1.58 bits per heavy atom. The predicted octanol–water partition coefficient (Wildman–Crippen LogP) is 6.60. The summed E-state index contributed by atoms with van der Waals surface area (Å²) in [5.74, 6) is 0. The number of rotatable bonds is 10. The van der Waals surface area contributed by atoms with Crippen LogP contribution >= 0.6 is 0 Å². The van der Waals surface area contributed by atoms with Gasteiger partial charge in [-0.1, -0.05) is 122 Å². The van der Waals surface area contributed by atoms with Crippen LogP contribution in [0.4, 0.5) is 0 Å². The maximum atomic E-state index is 6.46. The molecule has 0 atom stereocenters. The van der Waals surface area contributed by atoms with E-state index in [0.29, 0.717) is 13.2 Å². The average molecular weight is 517 g/mol. The van der Waals surface area contributed by atoms with Gasteiger partial charge in [0.05, 0.1) is 42.6 Å². The summed E-state index contributed by atoms with van der Waals surface area (Å²) in [5.41, 5.74) is 7.21. The van der Waals surface area contributed by atoms with Crippen molar-refractivity contribution in [2.75, 3.05) is 13.2 Å². The zero-order valence-corrected chi connectivity index (χ0v) is 25.4. The normalized spacial score (nSPS) is 15.2. The van der Waals surface area contributed by atoms with Crippen molar-refractivity contribution in [1.82, 2.24) is 0 Å². The Labute approximate surface area is 221 Å². The molecule has 0 heterocycles. The summed E-state index contributed by atoms with van der Waals surface area (Å²) in [7, 11) is -3.01. The average Bonchev–Trinajstić information content (AvgIpc) is 3.17. The lowest BCUT2D eigenvalue weighted by molar-refractivity contribution is -0.0279. The van der Waals surface area contributed by atoms with E-state index in [1.807, 2.05) is 0 Å². The van der Waals surface area contributed by atoms with Gasteiger partial charge in [-0.25, -0.2) is 0 Å². The Kier molecular flexibility index (Phi) is 8.11. The summed E-state index contributed by atoms with van der Waals surface area (Å²) in [6.07, 6.45) is 2.12. The lowest BCUT2D eigenvalue weighted by Gasteiger charge is -2.29. The van der Waals surface area contributed by atoms with Crippen LogP contribution in [0.3, 0.4) is 0 Å². The molecule has 0 bridgehead atoms. The molecule has 3 aromatic carbocycles. The van der Waals surface area contributed by atoms with Crippen LogP contribution in [-0.2, 0) is 35.5 Å². The van der Waals surface area contributed by atoms with Crippen molar-refractivity contribution in [2.45, 2.75) is 72.3 Å². The standard InChI is InChI=1S/C32H44O2Si2/c1-25-18-30(35(2,3)4)28-19-32(20-29(28)31(25)36(5,6)7,23-33-21-26-14-10-8-11-15-26)24-34-22-27-16-12-9-13-17-27/h8-18H,19-24H2,1-7H3. The van der Waals surface area contributed by atoms with Crippen molar-refractivity contribution in [1.29, 1.82) is 0 Å². The van der Waals surface area contributed by atoms with Crippen LogP contribution in [0.2, 0.25) is 39.3 Å². The van der Waals surface area contributed by atoms with Gasteiger partial charge >= 0.3 is 0 Å². The topological polar surface area (TPSA) is 18.5 Å². The van der Waals surface area contributed by atoms with Crippen LogP contribution in [-0.4, -0.2) is 29.4 Å². The highest BCUT2D eigenvalue weighted by molar-refractivity contribution is 6.91. The monoisotopic (exact) mass is 516 g/mol. The van der Waals surface area contributed by atoms with E-state index in [1.54, 1.807) is 21.5 Å². The number of benzene rings is 3. The number of hydrogen-bond donors (Lipinski definition) is 0. The van der Waals surface area contributed by atoms with E-state index in [0.717, 1.165) is 26.1 Å². The molecule has 0 aliphatic heterocycles. The Hall–Kier alpha value is -1.99. The minimum atomic E-state index is -1.51. The molecule has 1 aliphatic rings. The SMILES string of the molecule is Cc1cc([Si](C)(C)C)c2c(c1[Si](C)(C)C)CC(COCc1ccccc1)(COCc1ccccc1)C2. The Morgan fingerprint density at radius 1 is 0.667 bits per heavy atom. The van der Waals surface area contributed by atoms with E-state index >= 15 is 0 Å². The van der Waals surface area contributed by atoms with E-state index in [9.17, 15) is 0 Å². The third-order valence-corrected chi connectivity index (χ3v) is 11.7. The van der Waals surface area contributed by atoms with E-state index in [1.165, 1.54) is 16.7 Å². The van der Waals surface area contributed by atoms with Crippen LogP contribution in [0, 0.1) is 12.3 Å². The van der Waals surface area contributed by atoms with Gasteiger partial charge in [0.25, 0.3) is 0 Å². The molecule has 0 saturated heterocycles. The number of hydrogen-bond acceptors (Lipinski definition) is 2. The molecule has 0 unspecified atom stereocenters. The number of ether oxygens (including phenoxy) is 2. The molecule has 36 heavy (non-hydrogen) atoms. The van der Waals surface area contributed by atoms with Crippen molar-refractivity contribution in [2.24, 2.45) is 5.41 Å².